The van der Waals surface area contributed by atoms with Crippen LogP contribution in [0.5, 0.6) is 0 Å². The Morgan fingerprint density at radius 2 is 1.77 bits per heavy atom. The number of likely N-dealkylation sites (tertiary alicyclic amines) is 1. The monoisotopic (exact) mass is 411 g/mol. The van der Waals surface area contributed by atoms with E-state index < -0.39 is 11.8 Å². The lowest BCUT2D eigenvalue weighted by Gasteiger charge is -2.32. The molecule has 3 heterocycles. The summed E-state index contributed by atoms with van der Waals surface area (Å²) in [6.45, 7) is 2.35. The Labute approximate surface area is 172 Å². The van der Waals surface area contributed by atoms with Crippen LogP contribution in [0.1, 0.15) is 45.3 Å². The smallest absolute Gasteiger partial charge is 0.262 e. The lowest BCUT2D eigenvalue weighted by Crippen LogP contribution is -2.47. The molecule has 0 unspecified atom stereocenters. The minimum Gasteiger partial charge on any atom is -0.347 e. The van der Waals surface area contributed by atoms with E-state index in [1.165, 1.54) is 0 Å². The van der Waals surface area contributed by atoms with Gasteiger partial charge in [0.25, 0.3) is 11.8 Å². The van der Waals surface area contributed by atoms with Crippen LogP contribution < -0.4 is 5.32 Å². The van der Waals surface area contributed by atoms with Crippen molar-refractivity contribution in [3.63, 3.8) is 0 Å². The maximum atomic E-state index is 12.6. The molecule has 0 spiro atoms. The van der Waals surface area contributed by atoms with E-state index in [9.17, 15) is 19.2 Å². The summed E-state index contributed by atoms with van der Waals surface area (Å²) < 4.78 is 4.97. The summed E-state index contributed by atoms with van der Waals surface area (Å²) in [6, 6.07) is 6.54. The SMILES string of the molecule is Cc1noc(CNC(=O)C2CCN(C(=O)CN3C(=O)c4ccccc4C3=O)CC2)n1. The number of carbonyl (C=O) groups is 4. The summed E-state index contributed by atoms with van der Waals surface area (Å²) in [5.74, 6) is -0.706. The normalized spacial score (nSPS) is 16.7. The van der Waals surface area contributed by atoms with Crippen molar-refractivity contribution in [2.24, 2.45) is 5.92 Å². The van der Waals surface area contributed by atoms with Crippen LogP contribution in [0.25, 0.3) is 0 Å². The molecule has 4 rings (SSSR count). The number of aryl methyl sites for hydroxylation is 1. The van der Waals surface area contributed by atoms with Gasteiger partial charge in [0, 0.05) is 19.0 Å². The Balaban J connectivity index is 1.27. The Hall–Kier alpha value is -3.56. The molecule has 2 aromatic rings. The molecule has 1 N–H and O–H groups in total. The zero-order valence-corrected chi connectivity index (χ0v) is 16.5. The van der Waals surface area contributed by atoms with Gasteiger partial charge in [0.2, 0.25) is 17.7 Å². The van der Waals surface area contributed by atoms with Crippen molar-refractivity contribution in [1.29, 1.82) is 0 Å². The van der Waals surface area contributed by atoms with Gasteiger partial charge < -0.3 is 14.7 Å². The lowest BCUT2D eigenvalue weighted by atomic mass is 9.96. The van der Waals surface area contributed by atoms with Gasteiger partial charge >= 0.3 is 0 Å². The van der Waals surface area contributed by atoms with Crippen molar-refractivity contribution in [3.05, 3.63) is 47.1 Å². The van der Waals surface area contributed by atoms with Gasteiger partial charge in [-0.1, -0.05) is 17.3 Å². The molecule has 2 aliphatic rings. The summed E-state index contributed by atoms with van der Waals surface area (Å²) in [5.41, 5.74) is 0.643. The molecule has 1 aromatic carbocycles. The van der Waals surface area contributed by atoms with Crippen LogP contribution in [0.3, 0.4) is 0 Å². The van der Waals surface area contributed by atoms with E-state index >= 15 is 0 Å². The number of aromatic nitrogens is 2. The second-order valence-electron chi connectivity index (χ2n) is 7.35. The van der Waals surface area contributed by atoms with E-state index in [4.69, 9.17) is 4.52 Å². The summed E-state index contributed by atoms with van der Waals surface area (Å²) in [4.78, 5) is 56.4. The third-order valence-electron chi connectivity index (χ3n) is 5.37. The fraction of sp³-hybridized carbons (Fsp3) is 0.400. The number of nitrogens with one attached hydrogen (secondary N) is 1. The first-order valence-corrected chi connectivity index (χ1v) is 9.74. The molecule has 1 aromatic heterocycles. The molecule has 0 saturated carbocycles. The molecule has 1 saturated heterocycles. The van der Waals surface area contributed by atoms with E-state index in [1.807, 2.05) is 0 Å². The van der Waals surface area contributed by atoms with Gasteiger partial charge in [0.05, 0.1) is 17.7 Å². The molecule has 4 amide bonds. The number of carbonyl (C=O) groups excluding carboxylic acids is 4. The fourth-order valence-corrected chi connectivity index (χ4v) is 3.73. The molecule has 30 heavy (non-hydrogen) atoms. The minimum atomic E-state index is -0.450. The zero-order chi connectivity index (χ0) is 21.3. The number of imide groups is 1. The van der Waals surface area contributed by atoms with Gasteiger partial charge in [0.1, 0.15) is 6.54 Å². The minimum absolute atomic E-state index is 0.127. The van der Waals surface area contributed by atoms with Crippen LogP contribution in [0.2, 0.25) is 0 Å². The molecule has 2 aliphatic heterocycles. The second-order valence-corrected chi connectivity index (χ2v) is 7.35. The molecule has 0 radical (unpaired) electrons. The van der Waals surface area contributed by atoms with Crippen molar-refractivity contribution in [2.45, 2.75) is 26.3 Å². The highest BCUT2D eigenvalue weighted by molar-refractivity contribution is 6.22. The zero-order valence-electron chi connectivity index (χ0n) is 16.5. The quantitative estimate of drug-likeness (QED) is 0.711. The van der Waals surface area contributed by atoms with Gasteiger partial charge in [-0.05, 0) is 31.9 Å². The van der Waals surface area contributed by atoms with Crippen molar-refractivity contribution in [2.75, 3.05) is 19.6 Å². The van der Waals surface area contributed by atoms with Crippen molar-refractivity contribution < 1.29 is 23.7 Å². The molecule has 0 atom stereocenters. The molecule has 156 valence electrons. The summed E-state index contributed by atoms with van der Waals surface area (Å²) in [5, 5.41) is 6.44. The van der Waals surface area contributed by atoms with Gasteiger partial charge in [-0.2, -0.15) is 4.98 Å². The number of fused-ring (bicyclic) bond motifs is 1. The van der Waals surface area contributed by atoms with E-state index in [2.05, 4.69) is 15.5 Å². The number of rotatable bonds is 5. The highest BCUT2D eigenvalue weighted by Gasteiger charge is 2.37. The van der Waals surface area contributed by atoms with E-state index in [-0.39, 0.29) is 30.8 Å². The topological polar surface area (TPSA) is 126 Å². The largest absolute Gasteiger partial charge is 0.347 e. The molecular formula is C20H21N5O5. The van der Waals surface area contributed by atoms with E-state index in [0.29, 0.717) is 48.8 Å². The Kier molecular flexibility index (Phi) is 5.30. The Morgan fingerprint density at radius 3 is 2.33 bits per heavy atom. The van der Waals surface area contributed by atoms with Crippen LogP contribution >= 0.6 is 0 Å². The van der Waals surface area contributed by atoms with Crippen molar-refractivity contribution in [1.82, 2.24) is 25.3 Å². The van der Waals surface area contributed by atoms with Gasteiger partial charge in [0.15, 0.2) is 5.82 Å². The predicted molar refractivity (Wildman–Crippen MR) is 102 cm³/mol. The third-order valence-corrected chi connectivity index (χ3v) is 5.37. The molecule has 0 aliphatic carbocycles. The molecule has 10 heteroatoms. The standard InChI is InChI=1S/C20H21N5O5/c1-12-22-16(30-23-12)10-21-18(27)13-6-8-24(9-7-13)17(26)11-25-19(28)14-4-2-3-5-15(14)20(25)29/h2-5,13H,6-11H2,1H3,(H,21,27). The predicted octanol–water partition coefficient (Wildman–Crippen LogP) is 0.529. The van der Waals surface area contributed by atoms with Gasteiger partial charge in [-0.25, -0.2) is 0 Å². The van der Waals surface area contributed by atoms with Crippen LogP contribution in [0.15, 0.2) is 28.8 Å². The molecule has 1 fully saturated rings. The van der Waals surface area contributed by atoms with Crippen molar-refractivity contribution >= 4 is 23.6 Å². The maximum absolute atomic E-state index is 12.6. The van der Waals surface area contributed by atoms with E-state index in [0.717, 1.165) is 4.90 Å². The highest BCUT2D eigenvalue weighted by Crippen LogP contribution is 2.23. The number of benzene rings is 1. The number of amides is 4. The van der Waals surface area contributed by atoms with Crippen LogP contribution in [-0.4, -0.2) is 63.2 Å². The van der Waals surface area contributed by atoms with Crippen molar-refractivity contribution in [3.8, 4) is 0 Å². The van der Waals surface area contributed by atoms with Gasteiger partial charge in [-0.15, -0.1) is 0 Å². The second kappa shape index (κ2) is 8.05. The summed E-state index contributed by atoms with van der Waals surface area (Å²) >= 11 is 0. The molecule has 10 nitrogen and oxygen atoms in total. The van der Waals surface area contributed by atoms with Gasteiger partial charge in [-0.3, -0.25) is 24.1 Å². The first kappa shape index (κ1) is 19.7. The maximum Gasteiger partial charge on any atom is 0.262 e. The number of nitrogens with zero attached hydrogens (tertiary/aromatic N) is 4. The highest BCUT2D eigenvalue weighted by atomic mass is 16.5. The molecule has 0 bridgehead atoms. The number of piperidine rings is 1. The first-order chi connectivity index (χ1) is 14.4. The van der Waals surface area contributed by atoms with Crippen LogP contribution in [0.4, 0.5) is 0 Å². The average molecular weight is 411 g/mol. The number of hydrogen-bond donors (Lipinski definition) is 1. The first-order valence-electron chi connectivity index (χ1n) is 9.74. The third kappa shape index (κ3) is 3.80. The fourth-order valence-electron chi connectivity index (χ4n) is 3.73. The number of hydrogen-bond acceptors (Lipinski definition) is 7. The molecular weight excluding hydrogens is 390 g/mol. The van der Waals surface area contributed by atoms with Crippen LogP contribution in [-0.2, 0) is 16.1 Å². The summed E-state index contributed by atoms with van der Waals surface area (Å²) in [6.07, 6.45) is 1.01. The van der Waals surface area contributed by atoms with Crippen LogP contribution in [0, 0.1) is 12.8 Å². The Bertz CT molecular complexity index is 974. The average Bonchev–Trinajstić information content (AvgIpc) is 3.29. The lowest BCUT2D eigenvalue weighted by molar-refractivity contribution is -0.135. The summed E-state index contributed by atoms with van der Waals surface area (Å²) in [7, 11) is 0. The van der Waals surface area contributed by atoms with E-state index in [1.54, 1.807) is 36.1 Å². The Morgan fingerprint density at radius 1 is 1.13 bits per heavy atom.